The number of nitrogens with one attached hydrogen (secondary N) is 3. The number of rotatable bonds is 5. The molecule has 0 radical (unpaired) electrons. The third-order valence-corrected chi connectivity index (χ3v) is 4.19. The van der Waals surface area contributed by atoms with Gasteiger partial charge in [-0.3, -0.25) is 20.2 Å². The van der Waals surface area contributed by atoms with Crippen LogP contribution in [0.2, 0.25) is 0 Å². The summed E-state index contributed by atoms with van der Waals surface area (Å²) >= 11 is 0. The van der Waals surface area contributed by atoms with E-state index in [2.05, 4.69) is 34.8 Å². The van der Waals surface area contributed by atoms with Gasteiger partial charge in [0.15, 0.2) is 0 Å². The highest BCUT2D eigenvalue weighted by molar-refractivity contribution is 6.12. The Morgan fingerprint density at radius 2 is 1.85 bits per heavy atom. The first kappa shape index (κ1) is 18.6. The second kappa shape index (κ2) is 8.49. The molecule has 0 spiro atoms. The molecule has 3 N–H and O–H groups in total. The smallest absolute Gasteiger partial charge is 0.260 e. The summed E-state index contributed by atoms with van der Waals surface area (Å²) in [4.78, 5) is 29.2. The summed E-state index contributed by atoms with van der Waals surface area (Å²) in [6.07, 6.45) is 1.16. The minimum atomic E-state index is -0.321. The number of hydrogen-bond donors (Lipinski definition) is 3. The molecule has 1 aliphatic heterocycles. The fourth-order valence-electron chi connectivity index (χ4n) is 3.04. The Morgan fingerprint density at radius 1 is 1.15 bits per heavy atom. The summed E-state index contributed by atoms with van der Waals surface area (Å²) in [5.41, 5.74) is 2.05. The molecule has 1 heterocycles. The minimum Gasteiger partial charge on any atom is -0.355 e. The molecular weight excluding hydrogens is 340 g/mol. The third-order valence-electron chi connectivity index (χ3n) is 4.19. The maximum absolute atomic E-state index is 12.8. The van der Waals surface area contributed by atoms with Crippen molar-refractivity contribution in [2.24, 2.45) is 10.9 Å². The van der Waals surface area contributed by atoms with E-state index in [1.807, 2.05) is 42.5 Å². The van der Waals surface area contributed by atoms with Crippen molar-refractivity contribution in [2.75, 3.05) is 5.32 Å². The maximum Gasteiger partial charge on any atom is 0.260 e. The number of carbonyl (C=O) groups excluding carboxylic acids is 2. The highest BCUT2D eigenvalue weighted by atomic mass is 16.2. The van der Waals surface area contributed by atoms with Crippen molar-refractivity contribution in [2.45, 2.75) is 32.7 Å². The normalized spacial score (nSPS) is 16.5. The average Bonchev–Trinajstić information content (AvgIpc) is 2.62. The van der Waals surface area contributed by atoms with Gasteiger partial charge in [-0.15, -0.1) is 0 Å². The summed E-state index contributed by atoms with van der Waals surface area (Å²) in [5, 5.41) is 8.63. The molecule has 1 unspecified atom stereocenters. The van der Waals surface area contributed by atoms with E-state index in [-0.39, 0.29) is 23.8 Å². The summed E-state index contributed by atoms with van der Waals surface area (Å²) in [6, 6.07) is 16.8. The van der Waals surface area contributed by atoms with E-state index in [9.17, 15) is 9.59 Å². The van der Waals surface area contributed by atoms with Gasteiger partial charge in [0, 0.05) is 12.1 Å². The lowest BCUT2D eigenvalue weighted by Crippen LogP contribution is -2.48. The Labute approximate surface area is 159 Å². The van der Waals surface area contributed by atoms with Crippen LogP contribution in [0.15, 0.2) is 59.6 Å². The van der Waals surface area contributed by atoms with Crippen LogP contribution in [0.3, 0.4) is 0 Å². The highest BCUT2D eigenvalue weighted by Crippen LogP contribution is 2.21. The molecule has 2 aromatic rings. The van der Waals surface area contributed by atoms with E-state index in [1.165, 1.54) is 0 Å². The number of para-hydroxylation sites is 2. The molecular formula is C21H24N4O2. The molecule has 0 saturated heterocycles. The zero-order chi connectivity index (χ0) is 19.2. The lowest BCUT2D eigenvalue weighted by atomic mass is 10.0. The number of benzene rings is 2. The maximum atomic E-state index is 12.8. The molecule has 0 aromatic heterocycles. The van der Waals surface area contributed by atoms with Crippen LogP contribution in [0.1, 0.15) is 37.0 Å². The van der Waals surface area contributed by atoms with Gasteiger partial charge in [-0.2, -0.15) is 0 Å². The Balaban J connectivity index is 1.76. The van der Waals surface area contributed by atoms with E-state index >= 15 is 0 Å². The topological polar surface area (TPSA) is 82.6 Å². The second-order valence-electron chi connectivity index (χ2n) is 7.00. The van der Waals surface area contributed by atoms with Crippen LogP contribution in [0.5, 0.6) is 0 Å². The fraction of sp³-hybridized carbons (Fsp3) is 0.286. The Bertz CT molecular complexity index is 846. The van der Waals surface area contributed by atoms with Crippen molar-refractivity contribution >= 4 is 29.1 Å². The zero-order valence-electron chi connectivity index (χ0n) is 15.5. The molecule has 3 rings (SSSR count). The lowest BCUT2D eigenvalue weighted by molar-refractivity contribution is -0.120. The SMILES string of the molecule is CC(C)CC1CC(=O)NC(NC(=O)c2ccccc2Nc2ccccc2)=N1. The molecule has 6 nitrogen and oxygen atoms in total. The lowest BCUT2D eigenvalue weighted by Gasteiger charge is -2.22. The van der Waals surface area contributed by atoms with Crippen molar-refractivity contribution in [3.05, 3.63) is 60.2 Å². The van der Waals surface area contributed by atoms with E-state index in [0.29, 0.717) is 23.6 Å². The number of guanidine groups is 1. The van der Waals surface area contributed by atoms with Crippen LogP contribution < -0.4 is 16.0 Å². The summed E-state index contributed by atoms with van der Waals surface area (Å²) in [7, 11) is 0. The molecule has 1 atom stereocenters. The van der Waals surface area contributed by atoms with Crippen molar-refractivity contribution in [1.82, 2.24) is 10.6 Å². The van der Waals surface area contributed by atoms with Crippen molar-refractivity contribution in [1.29, 1.82) is 0 Å². The number of hydrogen-bond acceptors (Lipinski definition) is 4. The first-order valence-corrected chi connectivity index (χ1v) is 9.11. The van der Waals surface area contributed by atoms with Crippen LogP contribution in [0.4, 0.5) is 11.4 Å². The van der Waals surface area contributed by atoms with E-state index in [1.54, 1.807) is 12.1 Å². The van der Waals surface area contributed by atoms with Crippen LogP contribution in [-0.2, 0) is 4.79 Å². The van der Waals surface area contributed by atoms with Crippen LogP contribution in [0.25, 0.3) is 0 Å². The van der Waals surface area contributed by atoms with Gasteiger partial charge in [0.25, 0.3) is 5.91 Å². The Hall–Kier alpha value is -3.15. The van der Waals surface area contributed by atoms with Gasteiger partial charge < -0.3 is 5.32 Å². The van der Waals surface area contributed by atoms with Crippen LogP contribution >= 0.6 is 0 Å². The van der Waals surface area contributed by atoms with Crippen molar-refractivity contribution in [3.63, 3.8) is 0 Å². The molecule has 0 fully saturated rings. The molecule has 1 aliphatic rings. The molecule has 27 heavy (non-hydrogen) atoms. The molecule has 0 bridgehead atoms. The van der Waals surface area contributed by atoms with Crippen molar-refractivity contribution < 1.29 is 9.59 Å². The van der Waals surface area contributed by atoms with E-state index in [4.69, 9.17) is 0 Å². The van der Waals surface area contributed by atoms with Gasteiger partial charge in [-0.25, -0.2) is 4.99 Å². The average molecular weight is 364 g/mol. The fourth-order valence-corrected chi connectivity index (χ4v) is 3.04. The standard InChI is InChI=1S/C21H24N4O2/c1-14(2)12-16-13-19(26)24-21(23-16)25-20(27)17-10-6-7-11-18(17)22-15-8-4-3-5-9-15/h3-11,14,16,22H,12-13H2,1-2H3,(H2,23,24,25,26,27). The third kappa shape index (κ3) is 5.17. The van der Waals surface area contributed by atoms with Gasteiger partial charge in [0.05, 0.1) is 17.3 Å². The summed E-state index contributed by atoms with van der Waals surface area (Å²) in [5.74, 6) is 0.203. The predicted octanol–water partition coefficient (Wildman–Crippen LogP) is 3.45. The molecule has 6 heteroatoms. The quantitative estimate of drug-likeness (QED) is 0.760. The molecule has 2 aromatic carbocycles. The second-order valence-corrected chi connectivity index (χ2v) is 7.00. The van der Waals surface area contributed by atoms with E-state index < -0.39 is 0 Å². The monoisotopic (exact) mass is 364 g/mol. The Kier molecular flexibility index (Phi) is 5.86. The van der Waals surface area contributed by atoms with Gasteiger partial charge in [0.1, 0.15) is 0 Å². The molecule has 2 amide bonds. The predicted molar refractivity (Wildman–Crippen MR) is 107 cm³/mol. The number of carbonyl (C=O) groups is 2. The minimum absolute atomic E-state index is 0.105. The number of amides is 2. The van der Waals surface area contributed by atoms with Crippen LogP contribution in [-0.4, -0.2) is 23.8 Å². The molecule has 140 valence electrons. The van der Waals surface area contributed by atoms with Gasteiger partial charge in [0.2, 0.25) is 11.9 Å². The highest BCUT2D eigenvalue weighted by Gasteiger charge is 2.23. The number of anilines is 2. The zero-order valence-corrected chi connectivity index (χ0v) is 15.5. The largest absolute Gasteiger partial charge is 0.355 e. The van der Waals surface area contributed by atoms with Gasteiger partial charge >= 0.3 is 0 Å². The number of nitrogens with zero attached hydrogens (tertiary/aromatic N) is 1. The first-order chi connectivity index (χ1) is 13.0. The summed E-state index contributed by atoms with van der Waals surface area (Å²) < 4.78 is 0. The van der Waals surface area contributed by atoms with Gasteiger partial charge in [-0.1, -0.05) is 44.2 Å². The van der Waals surface area contributed by atoms with Crippen molar-refractivity contribution in [3.8, 4) is 0 Å². The van der Waals surface area contributed by atoms with Crippen LogP contribution in [0, 0.1) is 5.92 Å². The Morgan fingerprint density at radius 3 is 2.59 bits per heavy atom. The molecule has 0 aliphatic carbocycles. The number of aliphatic imine (C=N–C) groups is 1. The van der Waals surface area contributed by atoms with Gasteiger partial charge in [-0.05, 0) is 36.6 Å². The summed E-state index contributed by atoms with van der Waals surface area (Å²) in [6.45, 7) is 4.18. The van der Waals surface area contributed by atoms with E-state index in [0.717, 1.165) is 12.1 Å². The first-order valence-electron chi connectivity index (χ1n) is 9.11. The molecule has 0 saturated carbocycles.